The summed E-state index contributed by atoms with van der Waals surface area (Å²) in [5.74, 6) is -0.325. The van der Waals surface area contributed by atoms with Crippen LogP contribution in [0.4, 0.5) is 0 Å². The maximum absolute atomic E-state index is 12.0. The number of carbonyl (C=O) groups is 2. The molecule has 21 heavy (non-hydrogen) atoms. The second-order valence-electron chi connectivity index (χ2n) is 5.65. The lowest BCUT2D eigenvalue weighted by Crippen LogP contribution is -2.43. The second-order valence-corrected chi connectivity index (χ2v) is 5.65. The Labute approximate surface area is 125 Å². The van der Waals surface area contributed by atoms with E-state index < -0.39 is 0 Å². The molecule has 2 fully saturated rings. The Kier molecular flexibility index (Phi) is 6.41. The molecule has 2 aliphatic heterocycles. The third-order valence-electron chi connectivity index (χ3n) is 4.05. The molecule has 2 saturated heterocycles. The van der Waals surface area contributed by atoms with Crippen molar-refractivity contribution >= 4 is 11.8 Å². The normalized spacial score (nSPS) is 23.9. The van der Waals surface area contributed by atoms with Crippen molar-refractivity contribution < 1.29 is 14.3 Å². The van der Waals surface area contributed by atoms with E-state index >= 15 is 0 Å². The summed E-state index contributed by atoms with van der Waals surface area (Å²) in [5.41, 5.74) is 5.20. The standard InChI is InChI=1S/C14H26N4O3/c15-9-13(19)16-10-14(20)18-5-2-4-17(6-7-18)11-12-3-1-8-21-12/h12H,1-11,15H2,(H,16,19). The predicted octanol–water partition coefficient (Wildman–Crippen LogP) is -1.23. The highest BCUT2D eigenvalue weighted by atomic mass is 16.5. The summed E-state index contributed by atoms with van der Waals surface area (Å²) in [5, 5.41) is 2.53. The first kappa shape index (κ1) is 16.2. The first-order valence-electron chi connectivity index (χ1n) is 7.77. The molecule has 2 heterocycles. The van der Waals surface area contributed by atoms with Gasteiger partial charge in [-0.1, -0.05) is 0 Å². The van der Waals surface area contributed by atoms with E-state index in [4.69, 9.17) is 10.5 Å². The smallest absolute Gasteiger partial charge is 0.242 e. The van der Waals surface area contributed by atoms with Crippen LogP contribution in [0.3, 0.4) is 0 Å². The van der Waals surface area contributed by atoms with Crippen molar-refractivity contribution in [2.24, 2.45) is 5.73 Å². The number of nitrogens with two attached hydrogens (primary N) is 1. The predicted molar refractivity (Wildman–Crippen MR) is 78.7 cm³/mol. The molecule has 0 spiro atoms. The number of nitrogens with one attached hydrogen (secondary N) is 1. The summed E-state index contributed by atoms with van der Waals surface area (Å²) in [6.07, 6.45) is 3.62. The van der Waals surface area contributed by atoms with E-state index in [1.165, 1.54) is 0 Å². The van der Waals surface area contributed by atoms with Gasteiger partial charge in [-0.25, -0.2) is 0 Å². The number of amides is 2. The van der Waals surface area contributed by atoms with Crippen LogP contribution in [0.15, 0.2) is 0 Å². The van der Waals surface area contributed by atoms with E-state index in [1.807, 2.05) is 4.90 Å². The summed E-state index contributed by atoms with van der Waals surface area (Å²) in [6, 6.07) is 0. The van der Waals surface area contributed by atoms with Gasteiger partial charge in [-0.3, -0.25) is 14.5 Å². The number of ether oxygens (including phenoxy) is 1. The molecule has 0 aromatic rings. The lowest BCUT2D eigenvalue weighted by Gasteiger charge is -2.24. The van der Waals surface area contributed by atoms with E-state index in [2.05, 4.69) is 10.2 Å². The highest BCUT2D eigenvalue weighted by Crippen LogP contribution is 2.14. The topological polar surface area (TPSA) is 87.9 Å². The van der Waals surface area contributed by atoms with Crippen LogP contribution in [0.5, 0.6) is 0 Å². The van der Waals surface area contributed by atoms with E-state index in [1.54, 1.807) is 0 Å². The largest absolute Gasteiger partial charge is 0.377 e. The summed E-state index contributed by atoms with van der Waals surface area (Å²) in [4.78, 5) is 27.3. The van der Waals surface area contributed by atoms with Gasteiger partial charge in [0.05, 0.1) is 19.2 Å². The Morgan fingerprint density at radius 2 is 2.05 bits per heavy atom. The molecule has 2 aliphatic rings. The highest BCUT2D eigenvalue weighted by molar-refractivity contribution is 5.85. The van der Waals surface area contributed by atoms with Gasteiger partial charge in [0.2, 0.25) is 11.8 Å². The molecular weight excluding hydrogens is 272 g/mol. The lowest BCUT2D eigenvalue weighted by atomic mass is 10.2. The van der Waals surface area contributed by atoms with Crippen molar-refractivity contribution in [2.75, 3.05) is 52.4 Å². The number of carbonyl (C=O) groups excluding carboxylic acids is 2. The minimum Gasteiger partial charge on any atom is -0.377 e. The molecule has 1 atom stereocenters. The van der Waals surface area contributed by atoms with E-state index in [-0.39, 0.29) is 24.9 Å². The van der Waals surface area contributed by atoms with Gasteiger partial charge in [0.1, 0.15) is 0 Å². The Balaban J connectivity index is 1.71. The fourth-order valence-corrected chi connectivity index (χ4v) is 2.84. The molecule has 0 aromatic carbocycles. The molecule has 0 radical (unpaired) electrons. The van der Waals surface area contributed by atoms with Crippen LogP contribution < -0.4 is 11.1 Å². The van der Waals surface area contributed by atoms with Crippen molar-refractivity contribution in [2.45, 2.75) is 25.4 Å². The lowest BCUT2D eigenvalue weighted by molar-refractivity contribution is -0.132. The van der Waals surface area contributed by atoms with Crippen LogP contribution in [-0.4, -0.2) is 80.1 Å². The van der Waals surface area contributed by atoms with E-state index in [9.17, 15) is 9.59 Å². The van der Waals surface area contributed by atoms with Crippen LogP contribution in [-0.2, 0) is 14.3 Å². The van der Waals surface area contributed by atoms with Crippen LogP contribution in [0.1, 0.15) is 19.3 Å². The quantitative estimate of drug-likeness (QED) is 0.664. The minimum absolute atomic E-state index is 0.0317. The fraction of sp³-hybridized carbons (Fsp3) is 0.857. The van der Waals surface area contributed by atoms with E-state index in [0.29, 0.717) is 12.6 Å². The highest BCUT2D eigenvalue weighted by Gasteiger charge is 2.23. The molecule has 0 saturated carbocycles. The van der Waals surface area contributed by atoms with Gasteiger partial charge in [0.15, 0.2) is 0 Å². The van der Waals surface area contributed by atoms with Gasteiger partial charge in [0.25, 0.3) is 0 Å². The van der Waals surface area contributed by atoms with Gasteiger partial charge in [-0.2, -0.15) is 0 Å². The Morgan fingerprint density at radius 1 is 1.19 bits per heavy atom. The summed E-state index contributed by atoms with van der Waals surface area (Å²) >= 11 is 0. The number of rotatable bonds is 5. The SMILES string of the molecule is NCC(=O)NCC(=O)N1CCCN(CC2CCCO2)CC1. The third-order valence-corrected chi connectivity index (χ3v) is 4.05. The molecule has 7 nitrogen and oxygen atoms in total. The maximum Gasteiger partial charge on any atom is 0.242 e. The average Bonchev–Trinajstić information content (AvgIpc) is 2.89. The van der Waals surface area contributed by atoms with Gasteiger partial charge >= 0.3 is 0 Å². The van der Waals surface area contributed by atoms with Gasteiger partial charge in [0, 0.05) is 32.8 Å². The first-order chi connectivity index (χ1) is 10.2. The monoisotopic (exact) mass is 298 g/mol. The summed E-state index contributed by atoms with van der Waals surface area (Å²) in [7, 11) is 0. The average molecular weight is 298 g/mol. The van der Waals surface area contributed by atoms with Gasteiger partial charge < -0.3 is 20.7 Å². The number of hydrogen-bond acceptors (Lipinski definition) is 5. The molecule has 3 N–H and O–H groups in total. The van der Waals surface area contributed by atoms with Crippen molar-refractivity contribution in [3.05, 3.63) is 0 Å². The zero-order valence-corrected chi connectivity index (χ0v) is 12.6. The number of nitrogens with zero attached hydrogens (tertiary/aromatic N) is 2. The molecular formula is C14H26N4O3. The Hall–Kier alpha value is -1.18. The van der Waals surface area contributed by atoms with Crippen molar-refractivity contribution in [3.63, 3.8) is 0 Å². The molecule has 120 valence electrons. The van der Waals surface area contributed by atoms with Crippen molar-refractivity contribution in [1.82, 2.24) is 15.1 Å². The molecule has 1 unspecified atom stereocenters. The first-order valence-corrected chi connectivity index (χ1v) is 7.77. The zero-order chi connectivity index (χ0) is 15.1. The molecule has 0 bridgehead atoms. The van der Waals surface area contributed by atoms with Crippen molar-refractivity contribution in [1.29, 1.82) is 0 Å². The zero-order valence-electron chi connectivity index (χ0n) is 12.6. The molecule has 0 aromatic heterocycles. The third kappa shape index (κ3) is 5.26. The number of hydrogen-bond donors (Lipinski definition) is 2. The summed E-state index contributed by atoms with van der Waals surface area (Å²) < 4.78 is 5.67. The van der Waals surface area contributed by atoms with Crippen LogP contribution >= 0.6 is 0 Å². The maximum atomic E-state index is 12.0. The second kappa shape index (κ2) is 8.31. The van der Waals surface area contributed by atoms with Crippen LogP contribution in [0, 0.1) is 0 Å². The summed E-state index contributed by atoms with van der Waals surface area (Å²) in [6.45, 7) is 5.14. The Bertz CT molecular complexity index is 358. The van der Waals surface area contributed by atoms with Crippen LogP contribution in [0.2, 0.25) is 0 Å². The fourth-order valence-electron chi connectivity index (χ4n) is 2.84. The molecule has 2 amide bonds. The minimum atomic E-state index is -0.293. The Morgan fingerprint density at radius 3 is 2.76 bits per heavy atom. The molecule has 2 rings (SSSR count). The van der Waals surface area contributed by atoms with Crippen molar-refractivity contribution in [3.8, 4) is 0 Å². The molecule has 7 heteroatoms. The van der Waals surface area contributed by atoms with Gasteiger partial charge in [-0.05, 0) is 25.8 Å². The van der Waals surface area contributed by atoms with E-state index in [0.717, 1.165) is 52.0 Å². The van der Waals surface area contributed by atoms with Crippen LogP contribution in [0.25, 0.3) is 0 Å². The van der Waals surface area contributed by atoms with Gasteiger partial charge in [-0.15, -0.1) is 0 Å². The molecule has 0 aliphatic carbocycles.